The van der Waals surface area contributed by atoms with Crippen molar-refractivity contribution in [2.45, 2.75) is 290 Å². The fraction of sp³-hybridized carbons (Fsp3) is 0.831. The average molecular weight is 993 g/mol. The number of allylic oxidation sites excluding steroid dienone is 8. The van der Waals surface area contributed by atoms with Crippen molar-refractivity contribution in [1.82, 2.24) is 0 Å². The third-order valence-electron chi connectivity index (χ3n) is 12.7. The Morgan fingerprint density at radius 3 is 1.19 bits per heavy atom. The largest absolute Gasteiger partial charge is 0.472 e. The van der Waals surface area contributed by atoms with E-state index in [9.17, 15) is 19.0 Å². The molecule has 0 aromatic heterocycles. The van der Waals surface area contributed by atoms with E-state index in [0.29, 0.717) is 6.42 Å². The first-order valence-corrected chi connectivity index (χ1v) is 30.6. The minimum atomic E-state index is -4.39. The molecule has 0 fully saturated rings. The quantitative estimate of drug-likeness (QED) is 0.0264. The molecule has 2 atom stereocenters. The zero-order valence-electron chi connectivity index (χ0n) is 45.1. The Morgan fingerprint density at radius 2 is 0.797 bits per heavy atom. The topological polar surface area (TPSA) is 134 Å². The lowest BCUT2D eigenvalue weighted by molar-refractivity contribution is -0.161. The Bertz CT molecular complexity index is 1270. The number of unbranched alkanes of at least 4 members (excludes halogenated alkanes) is 34. The lowest BCUT2D eigenvalue weighted by Crippen LogP contribution is -2.29. The number of hydrogen-bond acceptors (Lipinski definition) is 8. The SMILES string of the molecule is CC/C=C\C/C=C\C/C=C\C/C=C\CCCCCCCCC(=O)OC(COC(=O)CCCCCCCCCCCCCCCCCCCCCCCCCCCCCCC)COP(=O)(O)OCCN. The molecule has 0 amide bonds. The normalized spacial score (nSPS) is 13.4. The van der Waals surface area contributed by atoms with E-state index < -0.39 is 26.5 Å². The highest BCUT2D eigenvalue weighted by atomic mass is 31.2. The van der Waals surface area contributed by atoms with Crippen LogP contribution in [0.15, 0.2) is 48.6 Å². The second kappa shape index (κ2) is 55.3. The summed E-state index contributed by atoms with van der Waals surface area (Å²) in [5.41, 5.74) is 5.38. The van der Waals surface area contributed by atoms with Gasteiger partial charge in [0.15, 0.2) is 6.10 Å². The summed E-state index contributed by atoms with van der Waals surface area (Å²) < 4.78 is 33.0. The molecule has 0 aromatic carbocycles. The van der Waals surface area contributed by atoms with Gasteiger partial charge in [-0.2, -0.15) is 0 Å². The molecule has 0 heterocycles. The van der Waals surface area contributed by atoms with Gasteiger partial charge in [0, 0.05) is 19.4 Å². The van der Waals surface area contributed by atoms with Crippen LogP contribution in [-0.2, 0) is 32.7 Å². The molecule has 404 valence electrons. The summed E-state index contributed by atoms with van der Waals surface area (Å²) in [7, 11) is -4.39. The molecule has 0 aromatic rings. The molecule has 0 aliphatic heterocycles. The first kappa shape index (κ1) is 67.0. The first-order valence-electron chi connectivity index (χ1n) is 29.1. The molecule has 0 aliphatic rings. The summed E-state index contributed by atoms with van der Waals surface area (Å²) in [5, 5.41) is 0. The van der Waals surface area contributed by atoms with Crippen LogP contribution in [0, 0.1) is 0 Å². The number of rotatable bonds is 55. The van der Waals surface area contributed by atoms with Gasteiger partial charge >= 0.3 is 19.8 Å². The molecular formula is C59H110NO8P. The van der Waals surface area contributed by atoms with Crippen molar-refractivity contribution in [3.8, 4) is 0 Å². The summed E-state index contributed by atoms with van der Waals surface area (Å²) in [6.07, 6.45) is 67.5. The van der Waals surface area contributed by atoms with Gasteiger partial charge in [-0.15, -0.1) is 0 Å². The summed E-state index contributed by atoms with van der Waals surface area (Å²) in [4.78, 5) is 35.2. The zero-order valence-corrected chi connectivity index (χ0v) is 45.9. The maximum atomic E-state index is 12.7. The van der Waals surface area contributed by atoms with Gasteiger partial charge in [-0.1, -0.05) is 268 Å². The number of hydrogen-bond donors (Lipinski definition) is 2. The fourth-order valence-electron chi connectivity index (χ4n) is 8.45. The molecule has 9 nitrogen and oxygen atoms in total. The molecule has 0 radical (unpaired) electrons. The number of esters is 2. The number of ether oxygens (including phenoxy) is 2. The first-order chi connectivity index (χ1) is 33.8. The highest BCUT2D eigenvalue weighted by Crippen LogP contribution is 2.43. The van der Waals surface area contributed by atoms with Crippen LogP contribution in [0.4, 0.5) is 0 Å². The predicted molar refractivity (Wildman–Crippen MR) is 293 cm³/mol. The van der Waals surface area contributed by atoms with E-state index in [0.717, 1.165) is 83.5 Å². The second-order valence-corrected chi connectivity index (χ2v) is 20.9. The van der Waals surface area contributed by atoms with Gasteiger partial charge in [0.05, 0.1) is 13.2 Å². The van der Waals surface area contributed by atoms with Crippen LogP contribution in [0.3, 0.4) is 0 Å². The number of phosphoric ester groups is 1. The van der Waals surface area contributed by atoms with Crippen LogP contribution in [-0.4, -0.2) is 49.3 Å². The molecule has 0 saturated heterocycles. The molecule has 0 aliphatic carbocycles. The number of phosphoric acid groups is 1. The monoisotopic (exact) mass is 992 g/mol. The van der Waals surface area contributed by atoms with Gasteiger partial charge in [-0.05, 0) is 51.4 Å². The molecule has 0 spiro atoms. The number of nitrogens with two attached hydrogens (primary N) is 1. The Labute approximate surface area is 426 Å². The van der Waals surface area contributed by atoms with E-state index in [1.165, 1.54) is 167 Å². The van der Waals surface area contributed by atoms with Crippen molar-refractivity contribution in [3.63, 3.8) is 0 Å². The van der Waals surface area contributed by atoms with Crippen LogP contribution in [0.2, 0.25) is 0 Å². The van der Waals surface area contributed by atoms with Gasteiger partial charge in [-0.3, -0.25) is 18.6 Å². The molecule has 0 rings (SSSR count). The molecule has 69 heavy (non-hydrogen) atoms. The van der Waals surface area contributed by atoms with Crippen molar-refractivity contribution >= 4 is 19.8 Å². The van der Waals surface area contributed by atoms with Crippen molar-refractivity contribution in [1.29, 1.82) is 0 Å². The summed E-state index contributed by atoms with van der Waals surface area (Å²) >= 11 is 0. The van der Waals surface area contributed by atoms with E-state index in [1.54, 1.807) is 0 Å². The van der Waals surface area contributed by atoms with Gasteiger partial charge in [0.2, 0.25) is 0 Å². The lowest BCUT2D eigenvalue weighted by atomic mass is 10.0. The van der Waals surface area contributed by atoms with E-state index in [-0.39, 0.29) is 38.6 Å². The summed E-state index contributed by atoms with van der Waals surface area (Å²) in [6, 6.07) is 0. The maximum absolute atomic E-state index is 12.7. The van der Waals surface area contributed by atoms with Crippen molar-refractivity contribution in [3.05, 3.63) is 48.6 Å². The standard InChI is InChI=1S/C59H110NO8P/c1-3-5-7-9-11-13-15-17-19-21-23-24-25-26-27-28-29-30-31-32-34-35-37-39-41-43-45-47-49-51-58(61)65-55-57(56-67-69(63,64)66-54-53-60)68-59(62)52-50-48-46-44-42-40-38-36-33-22-20-18-16-14-12-10-8-6-4-2/h6,8,12,14,18,20,33,36,57H,3-5,7,9-11,13,15-17,19,21-32,34-35,37-56,60H2,1-2H3,(H,63,64)/b8-6-,14-12-,20-18-,36-33-. The minimum Gasteiger partial charge on any atom is -0.462 e. The van der Waals surface area contributed by atoms with Crippen LogP contribution in [0.25, 0.3) is 0 Å². The van der Waals surface area contributed by atoms with E-state index in [1.807, 2.05) is 0 Å². The Morgan fingerprint density at radius 1 is 0.449 bits per heavy atom. The highest BCUT2D eigenvalue weighted by molar-refractivity contribution is 7.47. The van der Waals surface area contributed by atoms with Gasteiger partial charge in [0.1, 0.15) is 6.61 Å². The fourth-order valence-corrected chi connectivity index (χ4v) is 9.22. The Kier molecular flexibility index (Phi) is 53.7. The third-order valence-corrected chi connectivity index (χ3v) is 13.7. The third kappa shape index (κ3) is 55.1. The number of carbonyl (C=O) groups is 2. The second-order valence-electron chi connectivity index (χ2n) is 19.5. The van der Waals surface area contributed by atoms with Crippen LogP contribution in [0.1, 0.15) is 284 Å². The molecule has 0 saturated carbocycles. The van der Waals surface area contributed by atoms with E-state index in [4.69, 9.17) is 24.3 Å². The van der Waals surface area contributed by atoms with Gasteiger partial charge in [-0.25, -0.2) is 4.57 Å². The van der Waals surface area contributed by atoms with Crippen LogP contribution in [0.5, 0.6) is 0 Å². The number of carbonyl (C=O) groups excluding carboxylic acids is 2. The maximum Gasteiger partial charge on any atom is 0.472 e. The zero-order chi connectivity index (χ0) is 50.2. The highest BCUT2D eigenvalue weighted by Gasteiger charge is 2.26. The van der Waals surface area contributed by atoms with Crippen molar-refractivity contribution in [2.75, 3.05) is 26.4 Å². The Balaban J connectivity index is 3.91. The minimum absolute atomic E-state index is 0.0505. The predicted octanol–water partition coefficient (Wildman–Crippen LogP) is 18.2. The van der Waals surface area contributed by atoms with Crippen LogP contribution < -0.4 is 5.73 Å². The lowest BCUT2D eigenvalue weighted by Gasteiger charge is -2.19. The van der Waals surface area contributed by atoms with E-state index >= 15 is 0 Å². The van der Waals surface area contributed by atoms with Gasteiger partial charge < -0.3 is 20.1 Å². The molecular weight excluding hydrogens is 882 g/mol. The molecule has 10 heteroatoms. The summed E-state index contributed by atoms with van der Waals surface area (Å²) in [5.74, 6) is -0.833. The average Bonchev–Trinajstić information content (AvgIpc) is 3.34. The molecule has 0 bridgehead atoms. The van der Waals surface area contributed by atoms with Crippen molar-refractivity contribution < 1.29 is 37.6 Å². The molecule has 2 unspecified atom stereocenters. The van der Waals surface area contributed by atoms with Crippen molar-refractivity contribution in [2.24, 2.45) is 5.73 Å². The smallest absolute Gasteiger partial charge is 0.462 e. The van der Waals surface area contributed by atoms with Gasteiger partial charge in [0.25, 0.3) is 0 Å². The van der Waals surface area contributed by atoms with Crippen LogP contribution >= 0.6 is 7.82 Å². The molecule has 3 N–H and O–H groups in total. The Hall–Kier alpha value is -2.03. The van der Waals surface area contributed by atoms with E-state index in [2.05, 4.69) is 62.5 Å². The summed E-state index contributed by atoms with van der Waals surface area (Å²) in [6.45, 7) is 3.65.